The second-order valence-electron chi connectivity index (χ2n) is 11.3. The van der Waals surface area contributed by atoms with E-state index in [4.69, 9.17) is 5.11 Å². The Balaban J connectivity index is 1.33. The van der Waals surface area contributed by atoms with Gasteiger partial charge in [0.25, 0.3) is 0 Å². The predicted molar refractivity (Wildman–Crippen MR) is 170 cm³/mol. The summed E-state index contributed by atoms with van der Waals surface area (Å²) in [6.07, 6.45) is 2.47. The monoisotopic (exact) mass is 586 g/mol. The van der Waals surface area contributed by atoms with E-state index in [0.29, 0.717) is 5.56 Å². The van der Waals surface area contributed by atoms with Crippen molar-refractivity contribution in [1.29, 1.82) is 0 Å². The molecular weight excluding hydrogens is 548 g/mol. The number of β-amino-alcohol motifs (C(OH)–C–C–N with tert-alkyl or cyclic N) is 1. The largest absolute Gasteiger partial charge is 0.478 e. The molecule has 0 amide bonds. The van der Waals surface area contributed by atoms with E-state index in [-0.39, 0.29) is 24.4 Å². The highest BCUT2D eigenvalue weighted by molar-refractivity contribution is 7.88. The SMILES string of the molecule is CN(C[C@H](O)CNC(C)(C)Cc1ccc2ccccc2c1)S(=O)(=O)Cc1cccc(-c2cccc(C=CC(=O)O)c2)c1. The number of rotatable bonds is 13. The van der Waals surface area contributed by atoms with Crippen LogP contribution in [0.2, 0.25) is 0 Å². The fourth-order valence-corrected chi connectivity index (χ4v) is 6.16. The Morgan fingerprint density at radius 3 is 2.33 bits per heavy atom. The summed E-state index contributed by atoms with van der Waals surface area (Å²) < 4.78 is 27.5. The van der Waals surface area contributed by atoms with Gasteiger partial charge in [-0.1, -0.05) is 84.9 Å². The first-order valence-electron chi connectivity index (χ1n) is 13.9. The van der Waals surface area contributed by atoms with Gasteiger partial charge in [-0.05, 0) is 71.0 Å². The molecule has 0 aliphatic carbocycles. The number of carboxylic acids is 1. The van der Waals surface area contributed by atoms with Crippen LogP contribution >= 0.6 is 0 Å². The summed E-state index contributed by atoms with van der Waals surface area (Å²) in [7, 11) is -2.20. The van der Waals surface area contributed by atoms with Crippen LogP contribution in [0.3, 0.4) is 0 Å². The van der Waals surface area contributed by atoms with E-state index >= 15 is 0 Å². The Kier molecular flexibility index (Phi) is 9.96. The second kappa shape index (κ2) is 13.4. The molecule has 0 aliphatic rings. The number of benzene rings is 4. The smallest absolute Gasteiger partial charge is 0.328 e. The number of nitrogens with one attached hydrogen (secondary N) is 1. The van der Waals surface area contributed by atoms with Crippen LogP contribution in [0.1, 0.15) is 30.5 Å². The van der Waals surface area contributed by atoms with Gasteiger partial charge in [-0.3, -0.25) is 0 Å². The highest BCUT2D eigenvalue weighted by atomic mass is 32.2. The molecule has 0 saturated carbocycles. The Morgan fingerprint density at radius 1 is 0.905 bits per heavy atom. The van der Waals surface area contributed by atoms with Crippen LogP contribution in [0.5, 0.6) is 0 Å². The van der Waals surface area contributed by atoms with Crippen LogP contribution in [0, 0.1) is 0 Å². The van der Waals surface area contributed by atoms with Crippen LogP contribution in [0.15, 0.2) is 97.1 Å². The van der Waals surface area contributed by atoms with E-state index in [2.05, 4.69) is 49.5 Å². The second-order valence-corrected chi connectivity index (χ2v) is 13.4. The van der Waals surface area contributed by atoms with Gasteiger partial charge in [0.05, 0.1) is 11.9 Å². The number of nitrogens with zero attached hydrogens (tertiary/aromatic N) is 1. The van der Waals surface area contributed by atoms with Gasteiger partial charge >= 0.3 is 5.97 Å². The molecule has 7 nitrogen and oxygen atoms in total. The van der Waals surface area contributed by atoms with E-state index in [1.807, 2.05) is 42.5 Å². The van der Waals surface area contributed by atoms with Crippen molar-refractivity contribution in [3.8, 4) is 11.1 Å². The molecule has 8 heteroatoms. The lowest BCUT2D eigenvalue weighted by molar-refractivity contribution is -0.131. The first-order valence-corrected chi connectivity index (χ1v) is 15.5. The maximum Gasteiger partial charge on any atom is 0.328 e. The van der Waals surface area contributed by atoms with Crippen molar-refractivity contribution < 1.29 is 23.4 Å². The number of fused-ring (bicyclic) bond motifs is 1. The number of carboxylic acid groups (broad SMARTS) is 1. The zero-order valence-electron chi connectivity index (χ0n) is 24.2. The molecule has 0 aliphatic heterocycles. The Bertz CT molecular complexity index is 1680. The van der Waals surface area contributed by atoms with Crippen molar-refractivity contribution in [3.63, 3.8) is 0 Å². The van der Waals surface area contributed by atoms with Crippen molar-refractivity contribution in [2.75, 3.05) is 20.1 Å². The number of aliphatic hydroxyl groups excluding tert-OH is 1. The van der Waals surface area contributed by atoms with E-state index in [9.17, 15) is 18.3 Å². The molecule has 0 heterocycles. The van der Waals surface area contributed by atoms with Crippen molar-refractivity contribution in [2.24, 2.45) is 0 Å². The van der Waals surface area contributed by atoms with Gasteiger partial charge in [0, 0.05) is 31.8 Å². The van der Waals surface area contributed by atoms with Crippen molar-refractivity contribution in [1.82, 2.24) is 9.62 Å². The van der Waals surface area contributed by atoms with E-state index in [1.54, 1.807) is 18.2 Å². The average Bonchev–Trinajstić information content (AvgIpc) is 2.95. The lowest BCUT2D eigenvalue weighted by Crippen LogP contribution is -2.47. The fourth-order valence-electron chi connectivity index (χ4n) is 4.94. The quantitative estimate of drug-likeness (QED) is 0.183. The number of carbonyl (C=O) groups is 1. The maximum atomic E-state index is 13.2. The number of sulfonamides is 1. The lowest BCUT2D eigenvalue weighted by Gasteiger charge is -2.29. The molecule has 42 heavy (non-hydrogen) atoms. The standard InChI is InChI=1S/C34H38N2O5S/c1-34(2,21-26-14-16-28-10-4-5-11-29(28)19-26)35-22-32(37)23-36(3)42(40,41)24-27-9-7-13-31(20-27)30-12-6-8-25(18-30)15-17-33(38)39/h4-20,32,35,37H,21-24H2,1-3H3,(H,38,39)/t32-/m1/s1. The van der Waals surface area contributed by atoms with E-state index < -0.39 is 22.1 Å². The zero-order valence-corrected chi connectivity index (χ0v) is 25.0. The molecule has 0 saturated heterocycles. The van der Waals surface area contributed by atoms with Crippen molar-refractivity contribution >= 4 is 32.8 Å². The average molecular weight is 587 g/mol. The fraction of sp³-hybridized carbons (Fsp3) is 0.265. The van der Waals surface area contributed by atoms with Crippen molar-refractivity contribution in [2.45, 2.75) is 37.7 Å². The first-order chi connectivity index (χ1) is 19.9. The number of hydrogen-bond acceptors (Lipinski definition) is 5. The van der Waals surface area contributed by atoms with Gasteiger partial charge in [-0.2, -0.15) is 0 Å². The van der Waals surface area contributed by atoms with Crippen molar-refractivity contribution in [3.05, 3.63) is 114 Å². The molecular formula is C34H38N2O5S. The molecule has 3 N–H and O–H groups in total. The molecule has 4 aromatic rings. The molecule has 0 bridgehead atoms. The molecule has 4 aromatic carbocycles. The number of hydrogen-bond donors (Lipinski definition) is 3. The predicted octanol–water partition coefficient (Wildman–Crippen LogP) is 5.34. The van der Waals surface area contributed by atoms with Crippen LogP contribution in [0.4, 0.5) is 0 Å². The molecule has 220 valence electrons. The van der Waals surface area contributed by atoms with Gasteiger partial charge < -0.3 is 15.5 Å². The Hall–Kier alpha value is -3.82. The minimum Gasteiger partial charge on any atom is -0.478 e. The van der Waals surface area contributed by atoms with Crippen LogP contribution in [-0.4, -0.2) is 60.7 Å². The van der Waals surface area contributed by atoms with Gasteiger partial charge in [0.1, 0.15) is 0 Å². The van der Waals surface area contributed by atoms with E-state index in [0.717, 1.165) is 29.2 Å². The molecule has 0 radical (unpaired) electrons. The number of likely N-dealkylation sites (N-methyl/N-ethyl adjacent to an activating group) is 1. The summed E-state index contributed by atoms with van der Waals surface area (Å²) in [6.45, 7) is 4.36. The van der Waals surface area contributed by atoms with Gasteiger partial charge in [-0.25, -0.2) is 17.5 Å². The minimum atomic E-state index is -3.69. The van der Waals surface area contributed by atoms with E-state index in [1.165, 1.54) is 33.8 Å². The summed E-state index contributed by atoms with van der Waals surface area (Å²) in [4.78, 5) is 10.8. The highest BCUT2D eigenvalue weighted by Gasteiger charge is 2.24. The highest BCUT2D eigenvalue weighted by Crippen LogP contribution is 2.24. The Labute approximate surface area is 248 Å². The molecule has 0 spiro atoms. The summed E-state index contributed by atoms with van der Waals surface area (Å²) in [5, 5.41) is 25.4. The lowest BCUT2D eigenvalue weighted by atomic mass is 9.93. The number of aliphatic carboxylic acids is 1. The first kappa shape index (κ1) is 31.1. The molecule has 0 unspecified atom stereocenters. The minimum absolute atomic E-state index is 0.0287. The van der Waals surface area contributed by atoms with Gasteiger partial charge in [0.15, 0.2) is 0 Å². The normalized spacial score (nSPS) is 13.2. The summed E-state index contributed by atoms with van der Waals surface area (Å²) in [5.41, 5.74) is 3.91. The van der Waals surface area contributed by atoms with Crippen LogP contribution in [0.25, 0.3) is 28.0 Å². The van der Waals surface area contributed by atoms with Gasteiger partial charge in [-0.15, -0.1) is 0 Å². The van der Waals surface area contributed by atoms with Crippen LogP contribution < -0.4 is 5.32 Å². The molecule has 4 rings (SSSR count). The summed E-state index contributed by atoms with van der Waals surface area (Å²) >= 11 is 0. The summed E-state index contributed by atoms with van der Waals surface area (Å²) in [5.74, 6) is -1.23. The third-order valence-electron chi connectivity index (χ3n) is 7.13. The third-order valence-corrected chi connectivity index (χ3v) is 8.93. The topological polar surface area (TPSA) is 107 Å². The number of aliphatic hydroxyl groups is 1. The molecule has 1 atom stereocenters. The third kappa shape index (κ3) is 8.84. The summed E-state index contributed by atoms with van der Waals surface area (Å²) in [6, 6.07) is 29.3. The molecule has 0 fully saturated rings. The zero-order chi connectivity index (χ0) is 30.3. The molecule has 0 aromatic heterocycles. The maximum absolute atomic E-state index is 13.2. The Morgan fingerprint density at radius 2 is 1.60 bits per heavy atom. The van der Waals surface area contributed by atoms with Gasteiger partial charge in [0.2, 0.25) is 10.0 Å². The van der Waals surface area contributed by atoms with Crippen LogP contribution in [-0.2, 0) is 27.0 Å².